The van der Waals surface area contributed by atoms with Crippen LogP contribution in [0.1, 0.15) is 107 Å². The van der Waals surface area contributed by atoms with Crippen LogP contribution >= 0.6 is 11.8 Å². The Kier molecular flexibility index (Phi) is 13.2. The van der Waals surface area contributed by atoms with Gasteiger partial charge in [0.15, 0.2) is 23.2 Å². The number of thioether (sulfide) groups is 1. The predicted molar refractivity (Wildman–Crippen MR) is 157 cm³/mol. The highest BCUT2D eigenvalue weighted by Gasteiger charge is 2.48. The van der Waals surface area contributed by atoms with E-state index in [1.54, 1.807) is 7.05 Å². The number of carbonyl (C=O) groups is 3. The molecule has 2 heterocycles. The molecule has 0 aliphatic carbocycles. The number of amidine groups is 1. The molecule has 210 valence electrons. The molecule has 0 bridgehead atoms. The maximum absolute atomic E-state index is 12.7. The number of nitrogens with one attached hydrogen (secondary N) is 1. The molecule has 1 N–H and O–H groups in total. The lowest BCUT2D eigenvalue weighted by molar-refractivity contribution is -0.127. The third-order valence-electron chi connectivity index (χ3n) is 7.50. The van der Waals surface area contributed by atoms with Crippen LogP contribution in [-0.4, -0.2) is 64.2 Å². The number of ketones is 1. The summed E-state index contributed by atoms with van der Waals surface area (Å²) in [5, 5.41) is 3.13. The lowest BCUT2D eigenvalue weighted by Gasteiger charge is -2.36. The average Bonchev–Trinajstić information content (AvgIpc) is 3.30. The maximum atomic E-state index is 12.7. The largest absolute Gasteiger partial charge is 0.336 e. The van der Waals surface area contributed by atoms with E-state index in [9.17, 15) is 14.4 Å². The fourth-order valence-electron chi connectivity index (χ4n) is 5.17. The second-order valence-corrected chi connectivity index (χ2v) is 11.5. The Morgan fingerprint density at radius 2 is 1.42 bits per heavy atom. The van der Waals surface area contributed by atoms with Gasteiger partial charge in [-0.3, -0.25) is 14.9 Å². The minimum Gasteiger partial charge on any atom is -0.336 e. The number of urea groups is 1. The summed E-state index contributed by atoms with van der Waals surface area (Å²) >= 11 is 1.36. The van der Waals surface area contributed by atoms with Gasteiger partial charge in [0, 0.05) is 19.2 Å². The first-order valence-electron chi connectivity index (χ1n) is 14.7. The Hall–Kier alpha value is -2.35. The number of fused-ring (bicyclic) bond motifs is 1. The molecule has 7 nitrogen and oxygen atoms in total. The SMILES string of the molecule is CCCCCCCCCCCCCCCCN1C(SCC(=O)c2ccccc2)=NC2C1C(=O)NC(=O)N2C. The number of benzene rings is 1. The fraction of sp³-hybridized carbons (Fsp3) is 0.667. The van der Waals surface area contributed by atoms with E-state index in [1.807, 2.05) is 35.2 Å². The number of carbonyl (C=O) groups excluding carboxylic acids is 3. The smallest absolute Gasteiger partial charge is 0.325 e. The van der Waals surface area contributed by atoms with Gasteiger partial charge in [-0.25, -0.2) is 9.79 Å². The number of nitrogens with zero attached hydrogens (tertiary/aromatic N) is 3. The van der Waals surface area contributed by atoms with E-state index in [-0.39, 0.29) is 17.4 Å². The molecule has 2 unspecified atom stereocenters. The molecular formula is C30H46N4O3S. The van der Waals surface area contributed by atoms with E-state index in [2.05, 4.69) is 12.2 Å². The molecule has 1 aromatic rings. The molecule has 1 aromatic carbocycles. The van der Waals surface area contributed by atoms with Crippen molar-refractivity contribution < 1.29 is 14.4 Å². The molecule has 0 spiro atoms. The lowest BCUT2D eigenvalue weighted by Crippen LogP contribution is -2.63. The summed E-state index contributed by atoms with van der Waals surface area (Å²) in [6.07, 6.45) is 17.6. The maximum Gasteiger partial charge on any atom is 0.325 e. The molecule has 3 rings (SSSR count). The fourth-order valence-corrected chi connectivity index (χ4v) is 6.15. The molecule has 0 aromatic heterocycles. The topological polar surface area (TPSA) is 82.1 Å². The summed E-state index contributed by atoms with van der Waals surface area (Å²) in [5.74, 6) is -0.0349. The quantitative estimate of drug-likeness (QED) is 0.166. The van der Waals surface area contributed by atoms with E-state index < -0.39 is 18.2 Å². The van der Waals surface area contributed by atoms with Crippen LogP contribution in [0.15, 0.2) is 35.3 Å². The van der Waals surface area contributed by atoms with Crippen molar-refractivity contribution >= 4 is 34.7 Å². The summed E-state index contributed by atoms with van der Waals surface area (Å²) in [4.78, 5) is 45.8. The number of amides is 3. The molecule has 0 radical (unpaired) electrons. The second kappa shape index (κ2) is 16.6. The van der Waals surface area contributed by atoms with Gasteiger partial charge in [-0.2, -0.15) is 0 Å². The van der Waals surface area contributed by atoms with Gasteiger partial charge >= 0.3 is 6.03 Å². The summed E-state index contributed by atoms with van der Waals surface area (Å²) in [7, 11) is 1.66. The Bertz CT molecular complexity index is 923. The zero-order chi connectivity index (χ0) is 27.2. The highest BCUT2D eigenvalue weighted by molar-refractivity contribution is 8.14. The van der Waals surface area contributed by atoms with Crippen LogP contribution in [0.5, 0.6) is 0 Å². The van der Waals surface area contributed by atoms with Gasteiger partial charge in [0.25, 0.3) is 5.91 Å². The standard InChI is InChI=1S/C30H46N4O3S/c1-3-4-5-6-7-8-9-10-11-12-13-14-15-19-22-34-26-27(33(2)29(37)32-28(26)36)31-30(34)38-23-25(35)24-20-17-16-18-21-24/h16-18,20-21,26-27H,3-15,19,22-23H2,1-2H3,(H,32,36,37). The molecule has 2 atom stereocenters. The van der Waals surface area contributed by atoms with Crippen molar-refractivity contribution in [3.8, 4) is 0 Å². The average molecular weight is 543 g/mol. The van der Waals surface area contributed by atoms with Gasteiger partial charge in [0.05, 0.1) is 5.75 Å². The number of aliphatic imine (C=N–C) groups is 1. The van der Waals surface area contributed by atoms with Crippen LogP contribution in [-0.2, 0) is 4.79 Å². The highest BCUT2D eigenvalue weighted by atomic mass is 32.2. The van der Waals surface area contributed by atoms with Crippen LogP contribution in [0.4, 0.5) is 4.79 Å². The van der Waals surface area contributed by atoms with E-state index in [4.69, 9.17) is 4.99 Å². The minimum atomic E-state index is -0.544. The van der Waals surface area contributed by atoms with E-state index in [1.165, 1.54) is 93.7 Å². The number of likely N-dealkylation sites (N-methyl/N-ethyl adjacent to an activating group) is 1. The Balaban J connectivity index is 1.39. The molecule has 0 saturated carbocycles. The molecule has 2 aliphatic rings. The zero-order valence-electron chi connectivity index (χ0n) is 23.3. The molecule has 2 aliphatic heterocycles. The second-order valence-electron chi connectivity index (χ2n) is 10.5. The predicted octanol–water partition coefficient (Wildman–Crippen LogP) is 6.63. The molecule has 1 saturated heterocycles. The van der Waals surface area contributed by atoms with Crippen molar-refractivity contribution in [3.05, 3.63) is 35.9 Å². The van der Waals surface area contributed by atoms with Crippen LogP contribution in [0, 0.1) is 0 Å². The van der Waals surface area contributed by atoms with Crippen LogP contribution in [0.2, 0.25) is 0 Å². The number of unbranched alkanes of at least 4 members (excludes halogenated alkanes) is 13. The number of hydrogen-bond acceptors (Lipinski definition) is 6. The summed E-state index contributed by atoms with van der Waals surface area (Å²) < 4.78 is 0. The first-order valence-corrected chi connectivity index (χ1v) is 15.6. The summed E-state index contributed by atoms with van der Waals surface area (Å²) in [5.41, 5.74) is 0.666. The van der Waals surface area contributed by atoms with Crippen molar-refractivity contribution in [1.82, 2.24) is 15.1 Å². The van der Waals surface area contributed by atoms with Crippen molar-refractivity contribution in [2.45, 2.75) is 109 Å². The van der Waals surface area contributed by atoms with Gasteiger partial charge in [0.1, 0.15) is 0 Å². The Morgan fingerprint density at radius 1 is 0.868 bits per heavy atom. The number of rotatable bonds is 18. The van der Waals surface area contributed by atoms with Gasteiger partial charge < -0.3 is 9.80 Å². The number of hydrogen-bond donors (Lipinski definition) is 1. The van der Waals surface area contributed by atoms with E-state index in [0.717, 1.165) is 12.8 Å². The van der Waals surface area contributed by atoms with Gasteiger partial charge in [-0.1, -0.05) is 132 Å². The molecule has 1 fully saturated rings. The molecule has 38 heavy (non-hydrogen) atoms. The first kappa shape index (κ1) is 30.2. The molecular weight excluding hydrogens is 496 g/mol. The van der Waals surface area contributed by atoms with Crippen molar-refractivity contribution in [2.75, 3.05) is 19.3 Å². The summed E-state index contributed by atoms with van der Waals surface area (Å²) in [6.45, 7) is 2.96. The van der Waals surface area contributed by atoms with Crippen LogP contribution in [0.3, 0.4) is 0 Å². The Morgan fingerprint density at radius 3 is 2.00 bits per heavy atom. The monoisotopic (exact) mass is 542 g/mol. The number of imide groups is 1. The van der Waals surface area contributed by atoms with Crippen molar-refractivity contribution in [2.24, 2.45) is 4.99 Å². The zero-order valence-corrected chi connectivity index (χ0v) is 24.1. The van der Waals surface area contributed by atoms with Crippen LogP contribution in [0.25, 0.3) is 0 Å². The van der Waals surface area contributed by atoms with Crippen molar-refractivity contribution in [1.29, 1.82) is 0 Å². The third-order valence-corrected chi connectivity index (χ3v) is 8.51. The third kappa shape index (κ3) is 9.14. The molecule has 8 heteroatoms. The Labute approximate surface area is 233 Å². The van der Waals surface area contributed by atoms with E-state index >= 15 is 0 Å². The lowest BCUT2D eigenvalue weighted by atomic mass is 10.0. The normalized spacial score (nSPS) is 18.9. The van der Waals surface area contributed by atoms with Gasteiger partial charge in [-0.05, 0) is 6.42 Å². The highest BCUT2D eigenvalue weighted by Crippen LogP contribution is 2.29. The van der Waals surface area contributed by atoms with Crippen LogP contribution < -0.4 is 5.32 Å². The van der Waals surface area contributed by atoms with Crippen molar-refractivity contribution in [3.63, 3.8) is 0 Å². The summed E-state index contributed by atoms with van der Waals surface area (Å²) in [6, 6.07) is 8.26. The van der Waals surface area contributed by atoms with Gasteiger partial charge in [0.2, 0.25) is 0 Å². The minimum absolute atomic E-state index is 0.0264. The first-order chi connectivity index (χ1) is 18.5. The van der Waals surface area contributed by atoms with Gasteiger partial charge in [-0.15, -0.1) is 0 Å². The number of Topliss-reactive ketones (excluding diaryl/α,β-unsaturated/α-hetero) is 1. The molecule has 3 amide bonds. The van der Waals surface area contributed by atoms with E-state index in [0.29, 0.717) is 17.3 Å².